The zero-order valence-electron chi connectivity index (χ0n) is 25.7. The molecule has 2 aliphatic heterocycles. The van der Waals surface area contributed by atoms with Crippen LogP contribution in [0.25, 0.3) is 0 Å². The van der Waals surface area contributed by atoms with Crippen LogP contribution < -0.4 is 5.32 Å². The van der Waals surface area contributed by atoms with Crippen LogP contribution in [-0.2, 0) is 38.8 Å². The van der Waals surface area contributed by atoms with Crippen molar-refractivity contribution in [1.82, 2.24) is 20.2 Å². The minimum Gasteiger partial charge on any atom is -0.312 e. The van der Waals surface area contributed by atoms with Gasteiger partial charge in [0.25, 0.3) is 11.4 Å². The Hall–Kier alpha value is -3.04. The summed E-state index contributed by atoms with van der Waals surface area (Å²) in [6, 6.07) is 17.7. The number of aromatic nitrogens is 2. The van der Waals surface area contributed by atoms with Gasteiger partial charge in [-0.15, -0.1) is 12.4 Å². The van der Waals surface area contributed by atoms with Gasteiger partial charge in [0.1, 0.15) is 0 Å². The number of fused-ring (bicyclic) bond motifs is 2. The lowest BCUT2D eigenvalue weighted by Gasteiger charge is -2.28. The van der Waals surface area contributed by atoms with E-state index in [2.05, 4.69) is 70.8 Å². The van der Waals surface area contributed by atoms with Gasteiger partial charge < -0.3 is 5.32 Å². The highest BCUT2D eigenvalue weighted by atomic mass is 127. The first-order chi connectivity index (χ1) is 21.9. The number of rotatable bonds is 7. The average Bonchev–Trinajstić information content (AvgIpc) is 3.09. The molecule has 13 heteroatoms. The van der Waals surface area contributed by atoms with E-state index in [1.54, 1.807) is 24.3 Å². The quantitative estimate of drug-likeness (QED) is 0.0890. The van der Waals surface area contributed by atoms with Crippen LogP contribution in [-0.4, -0.2) is 54.6 Å². The van der Waals surface area contributed by atoms with Crippen LogP contribution >= 0.6 is 50.9 Å². The van der Waals surface area contributed by atoms with Crippen LogP contribution in [0.3, 0.4) is 0 Å². The minimum absolute atomic E-state index is 0. The number of hydrogen-bond acceptors (Lipinski definition) is 8. The highest BCUT2D eigenvalue weighted by molar-refractivity contribution is 14.1. The van der Waals surface area contributed by atoms with Gasteiger partial charge in [-0.3, -0.25) is 35.1 Å². The molecule has 10 nitrogen and oxygen atoms in total. The first-order valence-corrected chi connectivity index (χ1v) is 17.9. The van der Waals surface area contributed by atoms with Gasteiger partial charge in [-0.2, -0.15) is 0 Å². The first kappa shape index (κ1) is 39.1. The molecular formula is C33H39BrClIN6O4. The number of pyridine rings is 2. The van der Waals surface area contributed by atoms with E-state index < -0.39 is 4.92 Å². The van der Waals surface area contributed by atoms with Crippen molar-refractivity contribution in [2.75, 3.05) is 29.9 Å². The lowest BCUT2D eigenvalue weighted by molar-refractivity contribution is -0.385. The summed E-state index contributed by atoms with van der Waals surface area (Å²) in [5.41, 5.74) is 8.06. The van der Waals surface area contributed by atoms with Gasteiger partial charge >= 0.3 is 0 Å². The maximum atomic E-state index is 10.6. The molecule has 6 rings (SSSR count). The topological polar surface area (TPSA) is 127 Å². The van der Waals surface area contributed by atoms with Crippen molar-refractivity contribution in [2.24, 2.45) is 0 Å². The molecule has 0 saturated carbocycles. The third-order valence-electron chi connectivity index (χ3n) is 7.38. The average molecular weight is 826 g/mol. The zero-order chi connectivity index (χ0) is 32.4. The normalized spacial score (nSPS) is 12.9. The van der Waals surface area contributed by atoms with E-state index in [9.17, 15) is 20.2 Å². The van der Waals surface area contributed by atoms with Crippen molar-refractivity contribution in [3.63, 3.8) is 0 Å². The molecule has 0 radical (unpaired) electrons. The Labute approximate surface area is 298 Å². The monoisotopic (exact) mass is 824 g/mol. The molecule has 246 valence electrons. The smallest absolute Gasteiger partial charge is 0.269 e. The van der Waals surface area contributed by atoms with Crippen LogP contribution in [0.15, 0.2) is 85.5 Å². The van der Waals surface area contributed by atoms with Gasteiger partial charge in [0.2, 0.25) is 0 Å². The molecule has 2 aromatic heterocycles. The van der Waals surface area contributed by atoms with Gasteiger partial charge in [-0.25, -0.2) is 0 Å². The molecule has 2 aromatic carbocycles. The Morgan fingerprint density at radius 3 is 1.83 bits per heavy atom. The summed E-state index contributed by atoms with van der Waals surface area (Å²) in [7, 11) is 0. The van der Waals surface area contributed by atoms with Crippen molar-refractivity contribution in [1.29, 1.82) is 0 Å². The molecule has 0 aliphatic carbocycles. The Morgan fingerprint density at radius 2 is 1.30 bits per heavy atom. The second kappa shape index (κ2) is 21.7. The standard InChI is InChI=1S/C16H17N3O2.C8H8BrNO2.C8H10N2.CH3I.ClH/c20-19(21)16-3-1-13(2-4-16)6-9-18-10-7-14-5-8-17-11-15(14)12-18;9-6-5-7-1-3-8(4-2-7)10(11)12;1-3-9-5-8-6-10-4-2-7(1)8;1-2;/h1-5,8,11H,6-7,9-10,12H2;1-4H,5-6H2;1,3,5,10H,2,4,6H2;1H3;1H. The summed E-state index contributed by atoms with van der Waals surface area (Å²) in [6.07, 6.45) is 11.6. The van der Waals surface area contributed by atoms with Crippen LogP contribution in [0.2, 0.25) is 0 Å². The molecule has 4 heterocycles. The zero-order valence-corrected chi connectivity index (χ0v) is 30.2. The van der Waals surface area contributed by atoms with Crippen molar-refractivity contribution >= 4 is 62.3 Å². The van der Waals surface area contributed by atoms with Crippen LogP contribution in [0.4, 0.5) is 11.4 Å². The highest BCUT2D eigenvalue weighted by Crippen LogP contribution is 2.19. The number of aryl methyl sites for hydroxylation is 1. The number of alkyl halides is 2. The summed E-state index contributed by atoms with van der Waals surface area (Å²) < 4.78 is 0. The van der Waals surface area contributed by atoms with E-state index in [-0.39, 0.29) is 28.7 Å². The van der Waals surface area contributed by atoms with Crippen molar-refractivity contribution < 1.29 is 9.85 Å². The van der Waals surface area contributed by atoms with Gasteiger partial charge in [-0.05, 0) is 82.7 Å². The summed E-state index contributed by atoms with van der Waals surface area (Å²) in [5, 5.41) is 25.1. The van der Waals surface area contributed by atoms with Crippen molar-refractivity contribution in [3.05, 3.63) is 139 Å². The predicted molar refractivity (Wildman–Crippen MR) is 197 cm³/mol. The highest BCUT2D eigenvalue weighted by Gasteiger charge is 2.16. The van der Waals surface area contributed by atoms with Crippen molar-refractivity contribution in [3.8, 4) is 0 Å². The van der Waals surface area contributed by atoms with E-state index in [4.69, 9.17) is 0 Å². The van der Waals surface area contributed by atoms with Crippen molar-refractivity contribution in [2.45, 2.75) is 38.8 Å². The number of nitrogens with one attached hydrogen (secondary N) is 1. The number of benzene rings is 2. The third-order valence-corrected chi connectivity index (χ3v) is 7.78. The fraction of sp³-hybridized carbons (Fsp3) is 0.333. The second-order valence-corrected chi connectivity index (χ2v) is 11.1. The maximum absolute atomic E-state index is 10.6. The molecule has 0 bridgehead atoms. The molecule has 0 saturated heterocycles. The molecule has 4 aromatic rings. The third kappa shape index (κ3) is 13.0. The lowest BCUT2D eigenvalue weighted by atomic mass is 10.0. The van der Waals surface area contributed by atoms with E-state index in [1.807, 2.05) is 41.9 Å². The van der Waals surface area contributed by atoms with E-state index in [0.717, 1.165) is 74.9 Å². The summed E-state index contributed by atoms with van der Waals surface area (Å²) in [6.45, 7) is 5.06. The molecule has 0 fully saturated rings. The number of nitro benzene ring substituents is 2. The van der Waals surface area contributed by atoms with E-state index in [1.165, 1.54) is 34.4 Å². The summed E-state index contributed by atoms with van der Waals surface area (Å²) in [5.74, 6) is 0. The number of nitro groups is 2. The summed E-state index contributed by atoms with van der Waals surface area (Å²) >= 11 is 5.45. The SMILES string of the molecule is CI.Cl.O=[N+]([O-])c1ccc(CCBr)cc1.O=[N+]([O-])c1ccc(CCN2CCc3ccncc3C2)cc1.c1cc2c(cn1)CNCC2. The molecular weight excluding hydrogens is 787 g/mol. The molecule has 0 amide bonds. The van der Waals surface area contributed by atoms with Gasteiger partial charge in [0.05, 0.1) is 9.85 Å². The summed E-state index contributed by atoms with van der Waals surface area (Å²) in [4.78, 5) is 32.8. The molecule has 0 atom stereocenters. The van der Waals surface area contributed by atoms with Crippen LogP contribution in [0, 0.1) is 20.2 Å². The fourth-order valence-electron chi connectivity index (χ4n) is 4.90. The molecule has 0 spiro atoms. The minimum atomic E-state index is -0.391. The molecule has 1 N–H and O–H groups in total. The Bertz CT molecular complexity index is 1470. The Kier molecular flexibility index (Phi) is 18.5. The number of halogens is 3. The number of nitrogens with zero attached hydrogens (tertiary/aromatic N) is 5. The van der Waals surface area contributed by atoms with Gasteiger partial charge in [0, 0.05) is 80.6 Å². The second-order valence-electron chi connectivity index (χ2n) is 10.3. The lowest BCUT2D eigenvalue weighted by Crippen LogP contribution is -2.32. The Morgan fingerprint density at radius 1 is 0.783 bits per heavy atom. The molecule has 0 unspecified atom stereocenters. The number of non-ortho nitro benzene ring substituents is 2. The van der Waals surface area contributed by atoms with Crippen LogP contribution in [0.5, 0.6) is 0 Å². The van der Waals surface area contributed by atoms with Gasteiger partial charge in [-0.1, -0.05) is 62.8 Å². The van der Waals surface area contributed by atoms with Gasteiger partial charge in [0.15, 0.2) is 0 Å². The largest absolute Gasteiger partial charge is 0.312 e. The fourth-order valence-corrected chi connectivity index (χ4v) is 5.36. The predicted octanol–water partition coefficient (Wildman–Crippen LogP) is 7.32. The van der Waals surface area contributed by atoms with E-state index >= 15 is 0 Å². The number of hydrogen-bond donors (Lipinski definition) is 1. The molecule has 46 heavy (non-hydrogen) atoms. The first-order valence-electron chi connectivity index (χ1n) is 14.6. The maximum Gasteiger partial charge on any atom is 0.269 e. The molecule has 2 aliphatic rings. The van der Waals surface area contributed by atoms with E-state index in [0.29, 0.717) is 0 Å². The Balaban J connectivity index is 0.000000251. The van der Waals surface area contributed by atoms with Crippen LogP contribution in [0.1, 0.15) is 33.4 Å².